The highest BCUT2D eigenvalue weighted by Gasteiger charge is 2.13. The van der Waals surface area contributed by atoms with Gasteiger partial charge in [0.2, 0.25) is 0 Å². The molecule has 1 N–H and O–H groups in total. The Morgan fingerprint density at radius 1 is 1.27 bits per heavy atom. The number of benzene rings is 1. The van der Waals surface area contributed by atoms with Crippen molar-refractivity contribution in [2.24, 2.45) is 0 Å². The van der Waals surface area contributed by atoms with Crippen LogP contribution >= 0.6 is 0 Å². The largest absolute Gasteiger partial charge is 0.466 e. The molecule has 3 rings (SSSR count). The lowest BCUT2D eigenvalue weighted by molar-refractivity contribution is 0.0949. The molecule has 2 heterocycles. The Kier molecular flexibility index (Phi) is 3.78. The van der Waals surface area contributed by atoms with Gasteiger partial charge >= 0.3 is 0 Å². The van der Waals surface area contributed by atoms with E-state index in [1.807, 2.05) is 43.5 Å². The van der Waals surface area contributed by atoms with Crippen molar-refractivity contribution in [2.45, 2.75) is 20.4 Å². The maximum Gasteiger partial charge on any atom is 0.255 e. The highest BCUT2D eigenvalue weighted by atomic mass is 16.3. The number of hydrogen-bond acceptors (Lipinski definition) is 3. The van der Waals surface area contributed by atoms with Crippen molar-refractivity contribution in [1.82, 2.24) is 15.1 Å². The van der Waals surface area contributed by atoms with Gasteiger partial charge in [0.25, 0.3) is 5.91 Å². The van der Waals surface area contributed by atoms with Crippen LogP contribution in [0.5, 0.6) is 0 Å². The van der Waals surface area contributed by atoms with E-state index in [1.165, 1.54) is 0 Å². The molecule has 5 heteroatoms. The van der Waals surface area contributed by atoms with Crippen LogP contribution in [0.15, 0.2) is 53.2 Å². The summed E-state index contributed by atoms with van der Waals surface area (Å²) in [5.74, 6) is 1.25. The first-order valence-corrected chi connectivity index (χ1v) is 7.07. The first-order valence-electron chi connectivity index (χ1n) is 7.07. The lowest BCUT2D eigenvalue weighted by Gasteiger charge is -2.07. The SMILES string of the molecule is Cc1cc(C(=O)NCc2cccc(-n3cccn3)c2)c(C)o1. The van der Waals surface area contributed by atoms with Gasteiger partial charge < -0.3 is 9.73 Å². The number of rotatable bonds is 4. The first-order chi connectivity index (χ1) is 10.6. The van der Waals surface area contributed by atoms with E-state index in [1.54, 1.807) is 23.9 Å². The van der Waals surface area contributed by atoms with Crippen LogP contribution in [0.25, 0.3) is 5.69 Å². The van der Waals surface area contributed by atoms with Crippen molar-refractivity contribution in [3.05, 3.63) is 71.4 Å². The molecule has 0 spiro atoms. The van der Waals surface area contributed by atoms with Crippen molar-refractivity contribution >= 4 is 5.91 Å². The maximum absolute atomic E-state index is 12.2. The Morgan fingerprint density at radius 2 is 2.14 bits per heavy atom. The van der Waals surface area contributed by atoms with Crippen molar-refractivity contribution in [3.63, 3.8) is 0 Å². The van der Waals surface area contributed by atoms with Crippen molar-refractivity contribution in [2.75, 3.05) is 0 Å². The molecule has 0 fully saturated rings. The predicted molar refractivity (Wildman–Crippen MR) is 82.9 cm³/mol. The molecule has 3 aromatic rings. The van der Waals surface area contributed by atoms with Crippen LogP contribution in [0.2, 0.25) is 0 Å². The second kappa shape index (κ2) is 5.89. The fourth-order valence-electron chi connectivity index (χ4n) is 2.36. The monoisotopic (exact) mass is 295 g/mol. The van der Waals surface area contributed by atoms with Crippen LogP contribution in [0.1, 0.15) is 27.4 Å². The van der Waals surface area contributed by atoms with Gasteiger partial charge in [-0.3, -0.25) is 4.79 Å². The van der Waals surface area contributed by atoms with Crippen molar-refractivity contribution in [3.8, 4) is 5.69 Å². The minimum absolute atomic E-state index is 0.126. The van der Waals surface area contributed by atoms with Gasteiger partial charge in [-0.15, -0.1) is 0 Å². The second-order valence-corrected chi connectivity index (χ2v) is 5.13. The van der Waals surface area contributed by atoms with E-state index in [2.05, 4.69) is 10.4 Å². The molecule has 1 aromatic carbocycles. The van der Waals surface area contributed by atoms with E-state index in [0.717, 1.165) is 17.0 Å². The smallest absolute Gasteiger partial charge is 0.255 e. The number of amides is 1. The number of aromatic nitrogens is 2. The maximum atomic E-state index is 12.2. The van der Waals surface area contributed by atoms with E-state index in [0.29, 0.717) is 17.9 Å². The number of nitrogens with one attached hydrogen (secondary N) is 1. The summed E-state index contributed by atoms with van der Waals surface area (Å²) in [4.78, 5) is 12.2. The lowest BCUT2D eigenvalue weighted by Crippen LogP contribution is -2.23. The van der Waals surface area contributed by atoms with Gasteiger partial charge in [-0.1, -0.05) is 12.1 Å². The fourth-order valence-corrected chi connectivity index (χ4v) is 2.36. The Labute approximate surface area is 128 Å². The minimum atomic E-state index is -0.126. The minimum Gasteiger partial charge on any atom is -0.466 e. The van der Waals surface area contributed by atoms with E-state index in [-0.39, 0.29) is 5.91 Å². The molecule has 0 unspecified atom stereocenters. The van der Waals surface area contributed by atoms with E-state index in [9.17, 15) is 4.79 Å². The van der Waals surface area contributed by atoms with Gasteiger partial charge in [-0.25, -0.2) is 4.68 Å². The highest BCUT2D eigenvalue weighted by molar-refractivity contribution is 5.95. The third-order valence-corrected chi connectivity index (χ3v) is 3.42. The topological polar surface area (TPSA) is 60.1 Å². The molecule has 2 aromatic heterocycles. The lowest BCUT2D eigenvalue weighted by atomic mass is 10.2. The molecule has 0 saturated carbocycles. The summed E-state index contributed by atoms with van der Waals surface area (Å²) in [6, 6.07) is 11.5. The third kappa shape index (κ3) is 2.93. The number of carbonyl (C=O) groups excluding carboxylic acids is 1. The summed E-state index contributed by atoms with van der Waals surface area (Å²) < 4.78 is 7.17. The molecule has 0 aliphatic rings. The molecule has 0 aliphatic carbocycles. The fraction of sp³-hybridized carbons (Fsp3) is 0.176. The van der Waals surface area contributed by atoms with E-state index < -0.39 is 0 Å². The van der Waals surface area contributed by atoms with Crippen LogP contribution in [-0.2, 0) is 6.54 Å². The summed E-state index contributed by atoms with van der Waals surface area (Å²) in [7, 11) is 0. The molecular weight excluding hydrogens is 278 g/mol. The van der Waals surface area contributed by atoms with Gasteiger partial charge in [-0.05, 0) is 43.7 Å². The molecule has 0 bridgehead atoms. The van der Waals surface area contributed by atoms with E-state index in [4.69, 9.17) is 4.42 Å². The Morgan fingerprint density at radius 3 is 2.82 bits per heavy atom. The van der Waals surface area contributed by atoms with Crippen molar-refractivity contribution < 1.29 is 9.21 Å². The molecule has 0 atom stereocenters. The second-order valence-electron chi connectivity index (χ2n) is 5.13. The zero-order valence-electron chi connectivity index (χ0n) is 12.5. The van der Waals surface area contributed by atoms with Gasteiger partial charge in [0.05, 0.1) is 11.3 Å². The Bertz CT molecular complexity index is 788. The number of hydrogen-bond donors (Lipinski definition) is 1. The van der Waals surface area contributed by atoms with Gasteiger partial charge in [0.15, 0.2) is 0 Å². The molecule has 112 valence electrons. The molecule has 22 heavy (non-hydrogen) atoms. The number of aryl methyl sites for hydroxylation is 2. The molecular formula is C17H17N3O2. The van der Waals surface area contributed by atoms with Crippen molar-refractivity contribution in [1.29, 1.82) is 0 Å². The summed E-state index contributed by atoms with van der Waals surface area (Å²) in [6.45, 7) is 4.08. The van der Waals surface area contributed by atoms with Crippen LogP contribution in [0, 0.1) is 13.8 Å². The quantitative estimate of drug-likeness (QED) is 0.805. The Balaban J connectivity index is 1.70. The zero-order chi connectivity index (χ0) is 15.5. The summed E-state index contributed by atoms with van der Waals surface area (Å²) in [5, 5.41) is 7.12. The number of nitrogens with zero attached hydrogens (tertiary/aromatic N) is 2. The van der Waals surface area contributed by atoms with Crippen LogP contribution < -0.4 is 5.32 Å². The van der Waals surface area contributed by atoms with E-state index >= 15 is 0 Å². The average Bonchev–Trinajstić information content (AvgIpc) is 3.15. The van der Waals surface area contributed by atoms with Crippen LogP contribution in [-0.4, -0.2) is 15.7 Å². The summed E-state index contributed by atoms with van der Waals surface area (Å²) >= 11 is 0. The molecule has 5 nitrogen and oxygen atoms in total. The highest BCUT2D eigenvalue weighted by Crippen LogP contribution is 2.14. The van der Waals surface area contributed by atoms with Crippen LogP contribution in [0.3, 0.4) is 0 Å². The summed E-state index contributed by atoms with van der Waals surface area (Å²) in [5.41, 5.74) is 2.56. The van der Waals surface area contributed by atoms with Gasteiger partial charge in [0, 0.05) is 18.9 Å². The van der Waals surface area contributed by atoms with Crippen LogP contribution in [0.4, 0.5) is 0 Å². The molecule has 0 aliphatic heterocycles. The Hall–Kier alpha value is -2.82. The normalized spacial score (nSPS) is 10.6. The molecule has 0 saturated heterocycles. The standard InChI is InChI=1S/C17H17N3O2/c1-12-9-16(13(2)22-12)17(21)18-11-14-5-3-6-15(10-14)20-8-4-7-19-20/h3-10H,11H2,1-2H3,(H,18,21). The average molecular weight is 295 g/mol. The van der Waals surface area contributed by atoms with Gasteiger partial charge in [0.1, 0.15) is 11.5 Å². The number of carbonyl (C=O) groups is 1. The molecule has 1 amide bonds. The first kappa shape index (κ1) is 14.1. The predicted octanol–water partition coefficient (Wildman–Crippen LogP) is 3.01. The number of furan rings is 1. The van der Waals surface area contributed by atoms with Gasteiger partial charge in [-0.2, -0.15) is 5.10 Å². The zero-order valence-corrected chi connectivity index (χ0v) is 12.5. The third-order valence-electron chi connectivity index (χ3n) is 3.42. The summed E-state index contributed by atoms with van der Waals surface area (Å²) in [6.07, 6.45) is 3.62. The molecule has 0 radical (unpaired) electrons.